The molecule has 0 fully saturated rings. The quantitative estimate of drug-likeness (QED) is 0.354. The predicted molar refractivity (Wildman–Crippen MR) is 108 cm³/mol. The number of carbonyl (C=O) groups is 1. The number of ether oxygens (including phenoxy) is 1. The molecule has 8 heteroatoms. The van der Waals surface area contributed by atoms with Crippen LogP contribution in [0.2, 0.25) is 0 Å². The number of furan rings is 1. The van der Waals surface area contributed by atoms with Crippen LogP contribution in [0.25, 0.3) is 11.3 Å². The number of hydrogen-bond donors (Lipinski definition) is 1. The van der Waals surface area contributed by atoms with Crippen LogP contribution in [0, 0.1) is 10.1 Å². The van der Waals surface area contributed by atoms with Gasteiger partial charge < -0.3 is 9.15 Å². The number of rotatable bonds is 8. The van der Waals surface area contributed by atoms with Crippen molar-refractivity contribution in [3.63, 3.8) is 0 Å². The molecule has 0 atom stereocenters. The van der Waals surface area contributed by atoms with Crippen molar-refractivity contribution in [3.8, 4) is 17.1 Å². The highest BCUT2D eigenvalue weighted by atomic mass is 16.6. The molecular weight excluding hydrogens is 374 g/mol. The molecule has 2 aromatic carbocycles. The Morgan fingerprint density at radius 1 is 1.14 bits per heavy atom. The van der Waals surface area contributed by atoms with E-state index in [0.29, 0.717) is 22.8 Å². The van der Waals surface area contributed by atoms with Crippen LogP contribution >= 0.6 is 0 Å². The van der Waals surface area contributed by atoms with Crippen LogP contribution in [-0.4, -0.2) is 23.7 Å². The van der Waals surface area contributed by atoms with E-state index in [1.807, 2.05) is 24.3 Å². The lowest BCUT2D eigenvalue weighted by molar-refractivity contribution is -0.384. The summed E-state index contributed by atoms with van der Waals surface area (Å²) in [6, 6.07) is 16.9. The van der Waals surface area contributed by atoms with Crippen LogP contribution in [0.15, 0.2) is 70.2 Å². The third kappa shape index (κ3) is 5.52. The summed E-state index contributed by atoms with van der Waals surface area (Å²) in [5, 5.41) is 14.5. The minimum atomic E-state index is -0.462. The van der Waals surface area contributed by atoms with Crippen molar-refractivity contribution in [3.05, 3.63) is 82.1 Å². The molecular formula is C21H19N3O5. The number of nitrogens with one attached hydrogen (secondary N) is 1. The summed E-state index contributed by atoms with van der Waals surface area (Å²) >= 11 is 0. The normalized spacial score (nSPS) is 10.8. The topological polar surface area (TPSA) is 107 Å². The van der Waals surface area contributed by atoms with Gasteiger partial charge in [0, 0.05) is 17.7 Å². The molecule has 148 valence electrons. The lowest BCUT2D eigenvalue weighted by atomic mass is 10.1. The van der Waals surface area contributed by atoms with Gasteiger partial charge in [0.2, 0.25) is 0 Å². The zero-order chi connectivity index (χ0) is 20.6. The van der Waals surface area contributed by atoms with Gasteiger partial charge in [0.15, 0.2) is 6.61 Å². The van der Waals surface area contributed by atoms with Gasteiger partial charge in [-0.2, -0.15) is 5.10 Å². The second kappa shape index (κ2) is 9.32. The summed E-state index contributed by atoms with van der Waals surface area (Å²) in [6.45, 7) is 1.91. The zero-order valence-corrected chi connectivity index (χ0v) is 15.7. The number of aryl methyl sites for hydroxylation is 1. The number of nitro groups is 1. The fraction of sp³-hybridized carbons (Fsp3) is 0.143. The first-order valence-corrected chi connectivity index (χ1v) is 8.93. The van der Waals surface area contributed by atoms with Crippen LogP contribution < -0.4 is 10.2 Å². The number of amides is 1. The average molecular weight is 393 g/mol. The molecule has 8 nitrogen and oxygen atoms in total. The second-order valence-electron chi connectivity index (χ2n) is 6.09. The summed E-state index contributed by atoms with van der Waals surface area (Å²) in [5.41, 5.74) is 4.26. The molecule has 0 radical (unpaired) electrons. The van der Waals surface area contributed by atoms with E-state index in [1.54, 1.807) is 24.3 Å². The molecule has 0 aliphatic heterocycles. The van der Waals surface area contributed by atoms with Crippen LogP contribution in [0.4, 0.5) is 5.69 Å². The van der Waals surface area contributed by atoms with Gasteiger partial charge in [0.25, 0.3) is 11.6 Å². The molecule has 0 bridgehead atoms. The maximum absolute atomic E-state index is 11.8. The lowest BCUT2D eigenvalue weighted by Crippen LogP contribution is -2.24. The van der Waals surface area contributed by atoms with E-state index in [2.05, 4.69) is 17.5 Å². The van der Waals surface area contributed by atoms with Gasteiger partial charge >= 0.3 is 0 Å². The van der Waals surface area contributed by atoms with Crippen LogP contribution in [0.1, 0.15) is 18.2 Å². The van der Waals surface area contributed by atoms with Crippen molar-refractivity contribution in [1.29, 1.82) is 0 Å². The van der Waals surface area contributed by atoms with Crippen molar-refractivity contribution in [2.75, 3.05) is 6.61 Å². The summed E-state index contributed by atoms with van der Waals surface area (Å²) in [7, 11) is 0. The Hall–Kier alpha value is -3.94. The van der Waals surface area contributed by atoms with Crippen LogP contribution in [0.5, 0.6) is 5.75 Å². The molecule has 0 aliphatic carbocycles. The monoisotopic (exact) mass is 393 g/mol. The predicted octanol–water partition coefficient (Wildman–Crippen LogP) is 3.95. The number of non-ortho nitro benzene ring substituents is 1. The number of benzene rings is 2. The van der Waals surface area contributed by atoms with E-state index in [4.69, 9.17) is 9.15 Å². The molecule has 3 aromatic rings. The van der Waals surface area contributed by atoms with E-state index in [1.165, 1.54) is 23.9 Å². The average Bonchev–Trinajstić information content (AvgIpc) is 3.21. The minimum Gasteiger partial charge on any atom is -0.484 e. The Morgan fingerprint density at radius 3 is 2.52 bits per heavy atom. The first-order chi connectivity index (χ1) is 14.0. The first-order valence-electron chi connectivity index (χ1n) is 8.93. The Labute approximate surface area is 167 Å². The third-order valence-corrected chi connectivity index (χ3v) is 4.07. The molecule has 1 N–H and O–H groups in total. The van der Waals surface area contributed by atoms with Gasteiger partial charge in [0.05, 0.1) is 11.1 Å². The van der Waals surface area contributed by atoms with E-state index in [9.17, 15) is 14.9 Å². The summed E-state index contributed by atoms with van der Waals surface area (Å²) in [4.78, 5) is 22.0. The largest absolute Gasteiger partial charge is 0.484 e. The van der Waals surface area contributed by atoms with Crippen molar-refractivity contribution in [2.24, 2.45) is 5.10 Å². The summed E-state index contributed by atoms with van der Waals surface area (Å²) < 4.78 is 11.0. The summed E-state index contributed by atoms with van der Waals surface area (Å²) in [6.07, 6.45) is 2.30. The summed E-state index contributed by atoms with van der Waals surface area (Å²) in [5.74, 6) is 1.17. The number of nitrogens with zero attached hydrogens (tertiary/aromatic N) is 2. The molecule has 3 rings (SSSR count). The number of hydrazone groups is 1. The molecule has 1 heterocycles. The van der Waals surface area contributed by atoms with Gasteiger partial charge in [-0.15, -0.1) is 0 Å². The Bertz CT molecular complexity index is 1010. The van der Waals surface area contributed by atoms with Gasteiger partial charge in [-0.05, 0) is 48.4 Å². The molecule has 0 saturated carbocycles. The Balaban J connectivity index is 1.50. The highest BCUT2D eigenvalue weighted by Gasteiger charge is 2.08. The van der Waals surface area contributed by atoms with Crippen molar-refractivity contribution in [1.82, 2.24) is 5.43 Å². The molecule has 0 spiro atoms. The van der Waals surface area contributed by atoms with Crippen molar-refractivity contribution in [2.45, 2.75) is 13.3 Å². The van der Waals surface area contributed by atoms with E-state index in [-0.39, 0.29) is 12.3 Å². The number of nitro benzene ring substituents is 1. The fourth-order valence-corrected chi connectivity index (χ4v) is 2.50. The second-order valence-corrected chi connectivity index (χ2v) is 6.09. The third-order valence-electron chi connectivity index (χ3n) is 4.07. The lowest BCUT2D eigenvalue weighted by Gasteiger charge is -2.05. The molecule has 0 aliphatic rings. The Kier molecular flexibility index (Phi) is 6.36. The zero-order valence-electron chi connectivity index (χ0n) is 15.7. The van der Waals surface area contributed by atoms with E-state index >= 15 is 0 Å². The van der Waals surface area contributed by atoms with Gasteiger partial charge in [-0.3, -0.25) is 14.9 Å². The van der Waals surface area contributed by atoms with E-state index in [0.717, 1.165) is 6.42 Å². The van der Waals surface area contributed by atoms with Crippen molar-refractivity contribution >= 4 is 17.8 Å². The van der Waals surface area contributed by atoms with Crippen molar-refractivity contribution < 1.29 is 18.9 Å². The Morgan fingerprint density at radius 2 is 1.86 bits per heavy atom. The number of hydrogen-bond acceptors (Lipinski definition) is 6. The smallest absolute Gasteiger partial charge is 0.277 e. The molecule has 29 heavy (non-hydrogen) atoms. The molecule has 0 saturated heterocycles. The van der Waals surface area contributed by atoms with Gasteiger partial charge in [-0.1, -0.05) is 19.1 Å². The highest BCUT2D eigenvalue weighted by Crippen LogP contribution is 2.24. The maximum Gasteiger partial charge on any atom is 0.277 e. The van der Waals surface area contributed by atoms with Gasteiger partial charge in [0.1, 0.15) is 17.3 Å². The van der Waals surface area contributed by atoms with E-state index < -0.39 is 10.8 Å². The fourth-order valence-electron chi connectivity index (χ4n) is 2.50. The van der Waals surface area contributed by atoms with Gasteiger partial charge in [-0.25, -0.2) is 5.43 Å². The molecule has 1 amide bonds. The first kappa shape index (κ1) is 19.8. The van der Waals surface area contributed by atoms with Crippen LogP contribution in [-0.2, 0) is 11.2 Å². The molecule has 0 unspecified atom stereocenters. The van der Waals surface area contributed by atoms with Crippen LogP contribution in [0.3, 0.4) is 0 Å². The SMILES string of the molecule is CCc1ccc(OCC(=O)NN=Cc2ccc(-c3ccc([N+](=O)[O-])cc3)o2)cc1. The maximum atomic E-state index is 11.8. The molecule has 1 aromatic heterocycles. The number of carbonyl (C=O) groups excluding carboxylic acids is 1. The highest BCUT2D eigenvalue weighted by molar-refractivity contribution is 5.81. The minimum absolute atomic E-state index is 0.00771. The standard InChI is InChI=1S/C21H19N3O5/c1-2-15-3-9-18(10-4-15)28-14-21(25)23-22-13-19-11-12-20(29-19)16-5-7-17(8-6-16)24(26)27/h3-13H,2,14H2,1H3,(H,23,25).